The van der Waals surface area contributed by atoms with Crippen LogP contribution in [0.3, 0.4) is 0 Å². The Morgan fingerprint density at radius 3 is 1.89 bits per heavy atom. The van der Waals surface area contributed by atoms with Gasteiger partial charge in [0.15, 0.2) is 5.85 Å². The van der Waals surface area contributed by atoms with Crippen LogP contribution in [0.25, 0.3) is 0 Å². The van der Waals surface area contributed by atoms with E-state index in [1.807, 2.05) is 0 Å². The molecule has 0 aliphatic carbocycles. The van der Waals surface area contributed by atoms with Gasteiger partial charge < -0.3 is 20.6 Å². The molecule has 0 amide bonds. The van der Waals surface area contributed by atoms with Crippen LogP contribution in [0.15, 0.2) is 0 Å². The molecule has 0 aromatic heterocycles. The van der Waals surface area contributed by atoms with E-state index in [1.54, 1.807) is 0 Å². The lowest BCUT2D eigenvalue weighted by molar-refractivity contribution is 0.182. The van der Waals surface area contributed by atoms with Crippen molar-refractivity contribution >= 4 is 7.60 Å². The number of hydrogen-bond acceptors (Lipinski definition) is 3. The highest BCUT2D eigenvalue weighted by Crippen LogP contribution is 2.40. The Hall–Kier alpha value is 0.0700. The topological polar surface area (TPSA) is 104 Å². The summed E-state index contributed by atoms with van der Waals surface area (Å²) >= 11 is 0. The minimum Gasteiger partial charge on any atom is -0.379 e. The Morgan fingerprint density at radius 1 is 1.56 bits per heavy atom. The van der Waals surface area contributed by atoms with E-state index in [1.165, 1.54) is 6.92 Å². The molecule has 0 aliphatic rings. The lowest BCUT2D eigenvalue weighted by Crippen LogP contribution is -2.30. The average Bonchev–Trinajstić information content (AvgIpc) is 1.62. The van der Waals surface area contributed by atoms with Crippen LogP contribution in [0.1, 0.15) is 6.92 Å². The Labute approximate surface area is 52.7 Å². The molecule has 9 heavy (non-hydrogen) atoms. The Balaban J connectivity index is 4.05. The summed E-state index contributed by atoms with van der Waals surface area (Å²) < 4.78 is 10.1. The van der Waals surface area contributed by atoms with Gasteiger partial charge in [-0.3, -0.25) is 4.57 Å². The summed E-state index contributed by atoms with van der Waals surface area (Å²) in [6.45, 7) is 1.32. The molecule has 56 valence electrons. The molecular formula is C3H10NO4P. The van der Waals surface area contributed by atoms with E-state index < -0.39 is 19.5 Å². The van der Waals surface area contributed by atoms with Gasteiger partial charge in [-0.1, -0.05) is 0 Å². The van der Waals surface area contributed by atoms with Crippen LogP contribution in [0, 0.1) is 0 Å². The van der Waals surface area contributed by atoms with Crippen molar-refractivity contribution in [3.05, 3.63) is 0 Å². The summed E-state index contributed by atoms with van der Waals surface area (Å²) in [5.74, 6) is -1.74. The summed E-state index contributed by atoms with van der Waals surface area (Å²) in [6, 6.07) is -0.897. The van der Waals surface area contributed by atoms with Gasteiger partial charge in [0.1, 0.15) is 0 Å². The molecular weight excluding hydrogens is 145 g/mol. The standard InChI is InChI=1S/C3H10NO4P/c1-2(4)3(5)9(6,7)8/h2-3,5H,4H2,1H3,(H2,6,7,8)/t2-,3+/m1/s1. The highest BCUT2D eigenvalue weighted by molar-refractivity contribution is 7.52. The predicted octanol–water partition coefficient (Wildman–Crippen LogP) is -1.17. The van der Waals surface area contributed by atoms with Crippen LogP contribution < -0.4 is 5.73 Å². The van der Waals surface area contributed by atoms with Crippen molar-refractivity contribution in [3.8, 4) is 0 Å². The lowest BCUT2D eigenvalue weighted by Gasteiger charge is -2.14. The fraction of sp³-hybridized carbons (Fsp3) is 1.00. The normalized spacial score (nSPS) is 19.2. The van der Waals surface area contributed by atoms with Crippen molar-refractivity contribution < 1.29 is 19.5 Å². The van der Waals surface area contributed by atoms with Crippen LogP contribution in [0.4, 0.5) is 0 Å². The highest BCUT2D eigenvalue weighted by atomic mass is 31.2. The largest absolute Gasteiger partial charge is 0.379 e. The van der Waals surface area contributed by atoms with E-state index in [-0.39, 0.29) is 0 Å². The van der Waals surface area contributed by atoms with Gasteiger partial charge in [0.05, 0.1) is 0 Å². The first-order valence-corrected chi connectivity index (χ1v) is 4.02. The number of rotatable bonds is 2. The maximum absolute atomic E-state index is 10.1. The van der Waals surface area contributed by atoms with Crippen molar-refractivity contribution in [1.29, 1.82) is 0 Å². The maximum Gasteiger partial charge on any atom is 0.355 e. The molecule has 0 saturated carbocycles. The number of aliphatic hydroxyl groups excluding tert-OH is 1. The zero-order valence-corrected chi connectivity index (χ0v) is 5.82. The fourth-order valence-corrected chi connectivity index (χ4v) is 0.919. The Kier molecular flexibility index (Phi) is 2.79. The van der Waals surface area contributed by atoms with Gasteiger partial charge in [-0.05, 0) is 6.92 Å². The Bertz CT molecular complexity index is 130. The molecule has 0 aromatic rings. The van der Waals surface area contributed by atoms with Gasteiger partial charge in [0, 0.05) is 6.04 Å². The third-order valence-corrected chi connectivity index (χ3v) is 1.97. The number of nitrogens with two attached hydrogens (primary N) is 1. The summed E-state index contributed by atoms with van der Waals surface area (Å²) in [5, 5.41) is 8.57. The van der Waals surface area contributed by atoms with Crippen molar-refractivity contribution in [3.63, 3.8) is 0 Å². The van der Waals surface area contributed by atoms with Crippen molar-refractivity contribution in [1.82, 2.24) is 0 Å². The lowest BCUT2D eigenvalue weighted by atomic mass is 10.4. The second-order valence-corrected chi connectivity index (χ2v) is 3.57. The molecule has 0 aromatic carbocycles. The smallest absolute Gasteiger partial charge is 0.355 e. The molecule has 6 heteroatoms. The third-order valence-electron chi connectivity index (χ3n) is 0.815. The monoisotopic (exact) mass is 155 g/mol. The first kappa shape index (κ1) is 9.07. The zero-order valence-electron chi connectivity index (χ0n) is 4.93. The zero-order chi connectivity index (χ0) is 7.65. The van der Waals surface area contributed by atoms with E-state index >= 15 is 0 Å². The second-order valence-electron chi connectivity index (χ2n) is 1.86. The first-order chi connectivity index (χ1) is 3.85. The highest BCUT2D eigenvalue weighted by Gasteiger charge is 2.29. The molecule has 5 nitrogen and oxygen atoms in total. The molecule has 0 aliphatic heterocycles. The van der Waals surface area contributed by atoms with Crippen LogP contribution in [0.5, 0.6) is 0 Å². The maximum atomic E-state index is 10.1. The molecule has 0 fully saturated rings. The van der Waals surface area contributed by atoms with Gasteiger partial charge in [0.25, 0.3) is 0 Å². The molecule has 2 atom stereocenters. The molecule has 5 N–H and O–H groups in total. The third kappa shape index (κ3) is 2.93. The quantitative estimate of drug-likeness (QED) is 0.376. The summed E-state index contributed by atoms with van der Waals surface area (Å²) in [7, 11) is -4.38. The van der Waals surface area contributed by atoms with Crippen molar-refractivity contribution in [2.75, 3.05) is 0 Å². The van der Waals surface area contributed by atoms with Crippen LogP contribution in [-0.4, -0.2) is 26.8 Å². The molecule has 0 radical (unpaired) electrons. The van der Waals surface area contributed by atoms with Gasteiger partial charge in [-0.25, -0.2) is 0 Å². The van der Waals surface area contributed by atoms with E-state index in [2.05, 4.69) is 0 Å². The predicted molar refractivity (Wildman–Crippen MR) is 31.7 cm³/mol. The molecule has 0 heterocycles. The second kappa shape index (κ2) is 2.77. The fourth-order valence-electron chi connectivity index (χ4n) is 0.306. The van der Waals surface area contributed by atoms with Crippen molar-refractivity contribution in [2.24, 2.45) is 5.73 Å². The van der Waals surface area contributed by atoms with Gasteiger partial charge in [0.2, 0.25) is 0 Å². The molecule has 0 unspecified atom stereocenters. The SMILES string of the molecule is C[C@@H](N)[C@@H](O)P(=O)(O)O. The van der Waals surface area contributed by atoms with Gasteiger partial charge in [-0.15, -0.1) is 0 Å². The average molecular weight is 155 g/mol. The minimum absolute atomic E-state index is 0.897. The van der Waals surface area contributed by atoms with E-state index in [9.17, 15) is 4.57 Å². The molecule has 0 bridgehead atoms. The molecule has 0 rings (SSSR count). The van der Waals surface area contributed by atoms with Gasteiger partial charge >= 0.3 is 7.60 Å². The number of hydrogen-bond donors (Lipinski definition) is 4. The van der Waals surface area contributed by atoms with E-state index in [0.29, 0.717) is 0 Å². The van der Waals surface area contributed by atoms with E-state index in [4.69, 9.17) is 20.6 Å². The van der Waals surface area contributed by atoms with Crippen LogP contribution >= 0.6 is 7.60 Å². The minimum atomic E-state index is -4.38. The first-order valence-electron chi connectivity index (χ1n) is 2.34. The number of aliphatic hydroxyl groups is 1. The summed E-state index contributed by atoms with van der Waals surface area (Å²) in [6.07, 6.45) is 0. The van der Waals surface area contributed by atoms with Crippen molar-refractivity contribution in [2.45, 2.75) is 18.8 Å². The van der Waals surface area contributed by atoms with Gasteiger partial charge in [-0.2, -0.15) is 0 Å². The van der Waals surface area contributed by atoms with Crippen LogP contribution in [-0.2, 0) is 4.57 Å². The molecule has 0 saturated heterocycles. The summed E-state index contributed by atoms with van der Waals surface area (Å²) in [4.78, 5) is 16.5. The Morgan fingerprint density at radius 2 is 1.89 bits per heavy atom. The van der Waals surface area contributed by atoms with Crippen LogP contribution in [0.2, 0.25) is 0 Å². The molecule has 0 spiro atoms. The van der Waals surface area contributed by atoms with E-state index in [0.717, 1.165) is 0 Å². The summed E-state index contributed by atoms with van der Waals surface area (Å²) in [5.41, 5.74) is 4.98.